The highest BCUT2D eigenvalue weighted by molar-refractivity contribution is 8.03. The Labute approximate surface area is 74.4 Å². The summed E-state index contributed by atoms with van der Waals surface area (Å²) in [6, 6.07) is 0. The van der Waals surface area contributed by atoms with Crippen LogP contribution < -0.4 is 5.32 Å². The molecule has 1 atom stereocenters. The van der Waals surface area contributed by atoms with E-state index < -0.39 is 0 Å². The zero-order valence-corrected chi connectivity index (χ0v) is 7.43. The maximum atomic E-state index is 10.9. The van der Waals surface area contributed by atoms with E-state index in [9.17, 15) is 4.79 Å². The van der Waals surface area contributed by atoms with Gasteiger partial charge in [0.05, 0.1) is 4.99 Å². The first-order chi connectivity index (χ1) is 5.27. The molecule has 2 nitrogen and oxygen atoms in total. The Morgan fingerprint density at radius 1 is 1.73 bits per heavy atom. The van der Waals surface area contributed by atoms with Crippen molar-refractivity contribution < 1.29 is 4.79 Å². The zero-order valence-electron chi connectivity index (χ0n) is 5.79. The lowest BCUT2D eigenvalue weighted by Crippen LogP contribution is -2.36. The molecule has 0 spiro atoms. The smallest absolute Gasteiger partial charge is 0.249 e. The van der Waals surface area contributed by atoms with Gasteiger partial charge >= 0.3 is 0 Å². The molecule has 1 amide bonds. The molecule has 1 saturated heterocycles. The van der Waals surface area contributed by atoms with Crippen molar-refractivity contribution >= 4 is 34.9 Å². The molecule has 0 radical (unpaired) electrons. The van der Waals surface area contributed by atoms with Crippen molar-refractivity contribution in [2.24, 2.45) is 5.92 Å². The second-order valence-electron chi connectivity index (χ2n) is 2.59. The van der Waals surface area contributed by atoms with Gasteiger partial charge in [-0.15, -0.1) is 11.8 Å². The van der Waals surface area contributed by atoms with Gasteiger partial charge in [-0.3, -0.25) is 4.79 Å². The number of thiocarbonyl (C=S) groups is 1. The largest absolute Gasteiger partial charge is 0.316 e. The highest BCUT2D eigenvalue weighted by Gasteiger charge is 2.30. The van der Waals surface area contributed by atoms with E-state index in [4.69, 9.17) is 12.2 Å². The number of carbonyl (C=O) groups excluding carboxylic acids is 1. The molecule has 0 aromatic rings. The summed E-state index contributed by atoms with van der Waals surface area (Å²) in [5.41, 5.74) is 0. The van der Waals surface area contributed by atoms with Crippen LogP contribution in [0, 0.1) is 5.92 Å². The van der Waals surface area contributed by atoms with E-state index in [2.05, 4.69) is 5.32 Å². The standard InChI is InChI=1S/C7H7NOS2/c9-6-3-5-4(1-2-11-5)7(10)8-6/h3-4H,1-2H2,(H,8,9,10). The Balaban J connectivity index is 2.34. The fourth-order valence-electron chi connectivity index (χ4n) is 1.31. The van der Waals surface area contributed by atoms with Crippen LogP contribution in [-0.2, 0) is 4.79 Å². The SMILES string of the molecule is O=C1C=C2SCCC2C(=S)N1. The van der Waals surface area contributed by atoms with Gasteiger partial charge in [0.15, 0.2) is 0 Å². The van der Waals surface area contributed by atoms with Crippen molar-refractivity contribution in [1.29, 1.82) is 0 Å². The van der Waals surface area contributed by atoms with Gasteiger partial charge in [-0.05, 0) is 12.2 Å². The summed E-state index contributed by atoms with van der Waals surface area (Å²) in [6.45, 7) is 0. The zero-order chi connectivity index (χ0) is 7.84. The number of hydrogen-bond donors (Lipinski definition) is 1. The Kier molecular flexibility index (Phi) is 1.73. The van der Waals surface area contributed by atoms with E-state index in [0.29, 0.717) is 10.9 Å². The Morgan fingerprint density at radius 2 is 2.55 bits per heavy atom. The Morgan fingerprint density at radius 3 is 3.36 bits per heavy atom. The first-order valence-electron chi connectivity index (χ1n) is 3.46. The molecule has 1 fully saturated rings. The van der Waals surface area contributed by atoms with E-state index in [0.717, 1.165) is 17.1 Å². The second kappa shape index (κ2) is 2.60. The number of rotatable bonds is 0. The van der Waals surface area contributed by atoms with Crippen LogP contribution in [0.4, 0.5) is 0 Å². The van der Waals surface area contributed by atoms with E-state index in [1.54, 1.807) is 17.8 Å². The monoisotopic (exact) mass is 185 g/mol. The highest BCUT2D eigenvalue weighted by Crippen LogP contribution is 2.37. The van der Waals surface area contributed by atoms with E-state index in [1.807, 2.05) is 0 Å². The van der Waals surface area contributed by atoms with Crippen LogP contribution in [-0.4, -0.2) is 16.6 Å². The Hall–Kier alpha value is -0.350. The fraction of sp³-hybridized carbons (Fsp3) is 0.429. The van der Waals surface area contributed by atoms with Crippen molar-refractivity contribution in [2.75, 3.05) is 5.75 Å². The third-order valence-corrected chi connectivity index (χ3v) is 3.42. The number of amides is 1. The van der Waals surface area contributed by atoms with Gasteiger partial charge in [0.1, 0.15) is 0 Å². The molecular weight excluding hydrogens is 178 g/mol. The van der Waals surface area contributed by atoms with Crippen LogP contribution in [0.2, 0.25) is 0 Å². The molecule has 2 rings (SSSR count). The maximum absolute atomic E-state index is 10.9. The van der Waals surface area contributed by atoms with E-state index in [-0.39, 0.29) is 5.91 Å². The molecule has 0 aromatic carbocycles. The Bertz CT molecular complexity index is 259. The molecule has 2 heterocycles. The number of hydrogen-bond acceptors (Lipinski definition) is 3. The van der Waals surface area contributed by atoms with Gasteiger partial charge < -0.3 is 5.32 Å². The average molecular weight is 185 g/mol. The number of fused-ring (bicyclic) bond motifs is 1. The third kappa shape index (κ3) is 1.20. The van der Waals surface area contributed by atoms with Crippen molar-refractivity contribution in [2.45, 2.75) is 6.42 Å². The molecule has 0 bridgehead atoms. The summed E-state index contributed by atoms with van der Waals surface area (Å²) in [7, 11) is 0. The molecule has 1 unspecified atom stereocenters. The summed E-state index contributed by atoms with van der Waals surface area (Å²) in [5.74, 6) is 1.37. The van der Waals surface area contributed by atoms with Crippen molar-refractivity contribution in [3.8, 4) is 0 Å². The molecule has 11 heavy (non-hydrogen) atoms. The third-order valence-electron chi connectivity index (χ3n) is 1.85. The molecule has 4 heteroatoms. The van der Waals surface area contributed by atoms with Crippen LogP contribution in [0.15, 0.2) is 11.0 Å². The summed E-state index contributed by atoms with van der Waals surface area (Å²) in [6.07, 6.45) is 2.74. The summed E-state index contributed by atoms with van der Waals surface area (Å²) in [4.78, 5) is 12.8. The van der Waals surface area contributed by atoms with Gasteiger partial charge in [-0.1, -0.05) is 12.2 Å². The van der Waals surface area contributed by atoms with Crippen molar-refractivity contribution in [3.05, 3.63) is 11.0 Å². The molecule has 2 aliphatic heterocycles. The minimum Gasteiger partial charge on any atom is -0.316 e. The number of carbonyl (C=O) groups is 1. The first kappa shape index (κ1) is 7.31. The summed E-state index contributed by atoms with van der Waals surface area (Å²) < 4.78 is 0. The fourth-order valence-corrected chi connectivity index (χ4v) is 2.95. The quantitative estimate of drug-likeness (QED) is 0.573. The molecular formula is C7H7NOS2. The lowest BCUT2D eigenvalue weighted by molar-refractivity contribution is -0.115. The molecule has 0 aliphatic carbocycles. The van der Waals surface area contributed by atoms with Crippen LogP contribution in [0.25, 0.3) is 0 Å². The number of thioether (sulfide) groups is 1. The molecule has 0 aromatic heterocycles. The predicted molar refractivity (Wildman–Crippen MR) is 49.4 cm³/mol. The number of nitrogens with one attached hydrogen (secondary N) is 1. The van der Waals surface area contributed by atoms with Crippen LogP contribution in [0.3, 0.4) is 0 Å². The molecule has 0 saturated carbocycles. The minimum absolute atomic E-state index is 0.0596. The molecule has 58 valence electrons. The van der Waals surface area contributed by atoms with Gasteiger partial charge in [-0.25, -0.2) is 0 Å². The van der Waals surface area contributed by atoms with E-state index in [1.165, 1.54) is 0 Å². The highest BCUT2D eigenvalue weighted by atomic mass is 32.2. The normalized spacial score (nSPS) is 29.5. The second-order valence-corrected chi connectivity index (χ2v) is 4.20. The summed E-state index contributed by atoms with van der Waals surface area (Å²) in [5, 5.41) is 2.65. The van der Waals surface area contributed by atoms with Gasteiger partial charge in [0.25, 0.3) is 0 Å². The lowest BCUT2D eigenvalue weighted by atomic mass is 10.0. The molecule has 1 N–H and O–H groups in total. The van der Waals surface area contributed by atoms with Crippen LogP contribution in [0.5, 0.6) is 0 Å². The van der Waals surface area contributed by atoms with Crippen LogP contribution in [0.1, 0.15) is 6.42 Å². The van der Waals surface area contributed by atoms with Gasteiger partial charge in [-0.2, -0.15) is 0 Å². The topological polar surface area (TPSA) is 29.1 Å². The predicted octanol–water partition coefficient (Wildman–Crippen LogP) is 1.08. The molecule has 2 aliphatic rings. The van der Waals surface area contributed by atoms with Crippen molar-refractivity contribution in [1.82, 2.24) is 5.32 Å². The first-order valence-corrected chi connectivity index (χ1v) is 4.86. The average Bonchev–Trinajstić information content (AvgIpc) is 2.34. The van der Waals surface area contributed by atoms with Crippen LogP contribution >= 0.6 is 24.0 Å². The van der Waals surface area contributed by atoms with Gasteiger partial charge in [0, 0.05) is 16.9 Å². The maximum Gasteiger partial charge on any atom is 0.249 e. The minimum atomic E-state index is -0.0596. The van der Waals surface area contributed by atoms with E-state index >= 15 is 0 Å². The van der Waals surface area contributed by atoms with Gasteiger partial charge in [0.2, 0.25) is 5.91 Å². The summed E-state index contributed by atoms with van der Waals surface area (Å²) >= 11 is 6.78. The van der Waals surface area contributed by atoms with Crippen molar-refractivity contribution in [3.63, 3.8) is 0 Å². The lowest BCUT2D eigenvalue weighted by Gasteiger charge is -2.17.